The monoisotopic (exact) mass is 239 g/mol. The standard InChI is InChI=1S/C8H14ClNO5/c1-3(11)10-5-7(13)6(12)4(2-9)15-8(5)14/h4-8,12-14H,2H2,1H3,(H,10,11)/t4-,5-,6-,7-,8?/m1/s1. The molecule has 1 heterocycles. The average molecular weight is 240 g/mol. The van der Waals surface area contributed by atoms with Gasteiger partial charge in [0.2, 0.25) is 5.91 Å². The molecule has 0 aliphatic carbocycles. The van der Waals surface area contributed by atoms with Crippen LogP contribution < -0.4 is 5.32 Å². The van der Waals surface area contributed by atoms with Crippen LogP contribution in [-0.2, 0) is 9.53 Å². The van der Waals surface area contributed by atoms with Gasteiger partial charge in [-0.1, -0.05) is 0 Å². The van der Waals surface area contributed by atoms with Gasteiger partial charge < -0.3 is 25.4 Å². The summed E-state index contributed by atoms with van der Waals surface area (Å²) in [7, 11) is 0. The Hall–Kier alpha value is -0.400. The predicted octanol–water partition coefficient (Wildman–Crippen LogP) is -1.83. The molecule has 0 radical (unpaired) electrons. The molecule has 0 aromatic carbocycles. The van der Waals surface area contributed by atoms with E-state index in [0.717, 1.165) is 0 Å². The number of amides is 1. The molecule has 1 amide bonds. The zero-order valence-corrected chi connectivity index (χ0v) is 8.89. The Morgan fingerprint density at radius 2 is 2.00 bits per heavy atom. The number of alkyl halides is 1. The number of carbonyl (C=O) groups excluding carboxylic acids is 1. The molecule has 1 aliphatic rings. The molecule has 6 nitrogen and oxygen atoms in total. The Bertz CT molecular complexity index is 239. The maximum absolute atomic E-state index is 10.8. The van der Waals surface area contributed by atoms with Crippen molar-refractivity contribution >= 4 is 17.5 Å². The molecule has 5 atom stereocenters. The van der Waals surface area contributed by atoms with Crippen molar-refractivity contribution in [2.24, 2.45) is 0 Å². The van der Waals surface area contributed by atoms with Gasteiger partial charge in [0.1, 0.15) is 24.4 Å². The molecule has 0 bridgehead atoms. The second-order valence-corrected chi connectivity index (χ2v) is 3.74. The highest BCUT2D eigenvalue weighted by Gasteiger charge is 2.43. The number of hydrogen-bond donors (Lipinski definition) is 4. The highest BCUT2D eigenvalue weighted by Crippen LogP contribution is 2.20. The Morgan fingerprint density at radius 1 is 1.40 bits per heavy atom. The number of rotatable bonds is 2. The van der Waals surface area contributed by atoms with Crippen LogP contribution in [0.4, 0.5) is 0 Å². The first-order chi connectivity index (χ1) is 6.97. The fraction of sp³-hybridized carbons (Fsp3) is 0.875. The lowest BCUT2D eigenvalue weighted by molar-refractivity contribution is -0.241. The number of aliphatic hydroxyl groups excluding tert-OH is 3. The first-order valence-electron chi connectivity index (χ1n) is 4.50. The highest BCUT2D eigenvalue weighted by molar-refractivity contribution is 6.18. The summed E-state index contributed by atoms with van der Waals surface area (Å²) in [6.07, 6.45) is -4.76. The predicted molar refractivity (Wildman–Crippen MR) is 51.2 cm³/mol. The van der Waals surface area contributed by atoms with Crippen LogP contribution >= 0.6 is 11.6 Å². The minimum Gasteiger partial charge on any atom is -0.388 e. The molecule has 1 saturated heterocycles. The van der Waals surface area contributed by atoms with E-state index in [2.05, 4.69) is 5.32 Å². The van der Waals surface area contributed by atoms with Gasteiger partial charge in [-0.05, 0) is 0 Å². The smallest absolute Gasteiger partial charge is 0.217 e. The van der Waals surface area contributed by atoms with E-state index >= 15 is 0 Å². The van der Waals surface area contributed by atoms with Crippen LogP contribution in [0, 0.1) is 0 Å². The summed E-state index contributed by atoms with van der Waals surface area (Å²) < 4.78 is 4.93. The van der Waals surface area contributed by atoms with E-state index in [9.17, 15) is 20.1 Å². The first kappa shape index (κ1) is 12.7. The van der Waals surface area contributed by atoms with Crippen LogP contribution in [-0.4, -0.2) is 57.8 Å². The van der Waals surface area contributed by atoms with E-state index in [1.807, 2.05) is 0 Å². The van der Waals surface area contributed by atoms with Crippen LogP contribution in [0.3, 0.4) is 0 Å². The largest absolute Gasteiger partial charge is 0.388 e. The van der Waals surface area contributed by atoms with Crippen molar-refractivity contribution in [1.29, 1.82) is 0 Å². The second kappa shape index (κ2) is 5.09. The molecule has 4 N–H and O–H groups in total. The molecule has 7 heteroatoms. The minimum absolute atomic E-state index is 0.0535. The fourth-order valence-electron chi connectivity index (χ4n) is 1.46. The van der Waals surface area contributed by atoms with Crippen molar-refractivity contribution in [2.75, 3.05) is 5.88 Å². The molecule has 0 saturated carbocycles. The highest BCUT2D eigenvalue weighted by atomic mass is 35.5. The number of nitrogens with one attached hydrogen (secondary N) is 1. The molecule has 1 fully saturated rings. The number of hydrogen-bond acceptors (Lipinski definition) is 5. The topological polar surface area (TPSA) is 99.0 Å². The summed E-state index contributed by atoms with van der Waals surface area (Å²) >= 11 is 5.46. The summed E-state index contributed by atoms with van der Waals surface area (Å²) in [5.74, 6) is -0.486. The molecule has 15 heavy (non-hydrogen) atoms. The maximum atomic E-state index is 10.8. The maximum Gasteiger partial charge on any atom is 0.217 e. The van der Waals surface area contributed by atoms with Crippen molar-refractivity contribution < 1.29 is 24.9 Å². The molecule has 1 rings (SSSR count). The Morgan fingerprint density at radius 3 is 2.47 bits per heavy atom. The number of aliphatic hydroxyl groups is 3. The van der Waals surface area contributed by atoms with Crippen molar-refractivity contribution in [2.45, 2.75) is 37.6 Å². The fourth-order valence-corrected chi connectivity index (χ4v) is 1.72. The Labute approximate surface area is 91.8 Å². The Kier molecular flexibility index (Phi) is 4.30. The lowest BCUT2D eigenvalue weighted by Crippen LogP contribution is -2.63. The van der Waals surface area contributed by atoms with Gasteiger partial charge in [-0.2, -0.15) is 0 Å². The van der Waals surface area contributed by atoms with Gasteiger partial charge in [0, 0.05) is 6.92 Å². The van der Waals surface area contributed by atoms with Crippen LogP contribution in [0.1, 0.15) is 6.92 Å². The third-order valence-corrected chi connectivity index (χ3v) is 2.55. The number of halogens is 1. The van der Waals surface area contributed by atoms with Gasteiger partial charge in [-0.25, -0.2) is 0 Å². The van der Waals surface area contributed by atoms with Gasteiger partial charge in [0.15, 0.2) is 6.29 Å². The third-order valence-electron chi connectivity index (χ3n) is 2.24. The molecule has 88 valence electrons. The average Bonchev–Trinajstić information content (AvgIpc) is 2.18. The van der Waals surface area contributed by atoms with E-state index in [4.69, 9.17) is 16.3 Å². The minimum atomic E-state index is -1.38. The van der Waals surface area contributed by atoms with E-state index in [0.29, 0.717) is 0 Å². The lowest BCUT2D eigenvalue weighted by atomic mass is 9.97. The van der Waals surface area contributed by atoms with Gasteiger partial charge in [0.05, 0.1) is 5.88 Å². The molecular formula is C8H14ClNO5. The zero-order valence-electron chi connectivity index (χ0n) is 8.13. The van der Waals surface area contributed by atoms with Crippen LogP contribution in [0.25, 0.3) is 0 Å². The first-order valence-corrected chi connectivity index (χ1v) is 5.03. The molecule has 0 spiro atoms. The van der Waals surface area contributed by atoms with E-state index in [1.165, 1.54) is 6.92 Å². The number of carbonyl (C=O) groups is 1. The van der Waals surface area contributed by atoms with E-state index in [1.54, 1.807) is 0 Å². The zero-order chi connectivity index (χ0) is 11.6. The quantitative estimate of drug-likeness (QED) is 0.425. The van der Waals surface area contributed by atoms with Crippen LogP contribution in [0.5, 0.6) is 0 Å². The normalized spacial score (nSPS) is 41.3. The number of ether oxygens (including phenoxy) is 1. The summed E-state index contributed by atoms with van der Waals surface area (Å²) in [6, 6.07) is -1.04. The van der Waals surface area contributed by atoms with Crippen LogP contribution in [0.2, 0.25) is 0 Å². The Balaban J connectivity index is 2.70. The summed E-state index contributed by atoms with van der Waals surface area (Å²) in [4.78, 5) is 10.8. The summed E-state index contributed by atoms with van der Waals surface area (Å²) in [5.41, 5.74) is 0. The molecule has 0 aromatic heterocycles. The van der Waals surface area contributed by atoms with Crippen molar-refractivity contribution in [3.63, 3.8) is 0 Å². The lowest BCUT2D eigenvalue weighted by Gasteiger charge is -2.40. The molecular weight excluding hydrogens is 226 g/mol. The van der Waals surface area contributed by atoms with Crippen LogP contribution in [0.15, 0.2) is 0 Å². The third kappa shape index (κ3) is 2.79. The molecule has 1 unspecified atom stereocenters. The second-order valence-electron chi connectivity index (χ2n) is 3.43. The SMILES string of the molecule is CC(=O)N[C@H]1C(O)O[C@H](CCl)[C@@H](O)[C@@H]1O. The van der Waals surface area contributed by atoms with E-state index in [-0.39, 0.29) is 5.88 Å². The molecule has 1 aliphatic heterocycles. The van der Waals surface area contributed by atoms with Crippen molar-refractivity contribution in [1.82, 2.24) is 5.32 Å². The summed E-state index contributed by atoms with van der Waals surface area (Å²) in [6.45, 7) is 1.24. The van der Waals surface area contributed by atoms with Gasteiger partial charge in [-0.3, -0.25) is 4.79 Å². The van der Waals surface area contributed by atoms with E-state index < -0.39 is 36.6 Å². The van der Waals surface area contributed by atoms with Crippen molar-refractivity contribution in [3.8, 4) is 0 Å². The van der Waals surface area contributed by atoms with Gasteiger partial charge in [0.25, 0.3) is 0 Å². The van der Waals surface area contributed by atoms with Gasteiger partial charge in [-0.15, -0.1) is 11.6 Å². The molecule has 0 aromatic rings. The van der Waals surface area contributed by atoms with Crippen molar-refractivity contribution in [3.05, 3.63) is 0 Å². The summed E-state index contributed by atoms with van der Waals surface area (Å²) in [5, 5.41) is 30.8. The van der Waals surface area contributed by atoms with Gasteiger partial charge >= 0.3 is 0 Å².